The molecule has 1 fully saturated rings. The average Bonchev–Trinajstić information content (AvgIpc) is 3.40. The monoisotopic (exact) mass is 630 g/mol. The van der Waals surface area contributed by atoms with Crippen LogP contribution in [0.25, 0.3) is 22.0 Å². The summed E-state index contributed by atoms with van der Waals surface area (Å²) in [5, 5.41) is 13.7. The van der Waals surface area contributed by atoms with E-state index in [2.05, 4.69) is 94.2 Å². The molecule has 0 atom stereocenters. The van der Waals surface area contributed by atoms with Gasteiger partial charge in [0.15, 0.2) is 5.82 Å². The van der Waals surface area contributed by atoms with Crippen molar-refractivity contribution < 1.29 is 4.79 Å². The van der Waals surface area contributed by atoms with E-state index in [0.29, 0.717) is 21.9 Å². The summed E-state index contributed by atoms with van der Waals surface area (Å²) in [5.74, 6) is 0.394. The summed E-state index contributed by atoms with van der Waals surface area (Å²) in [6.07, 6.45) is 1.59. The van der Waals surface area contributed by atoms with E-state index in [1.807, 2.05) is 55.6 Å². The molecule has 0 unspecified atom stereocenters. The zero-order chi connectivity index (χ0) is 31.0. The van der Waals surface area contributed by atoms with Gasteiger partial charge in [-0.25, -0.2) is 4.68 Å². The number of hydrogen-bond acceptors (Lipinski definition) is 3. The molecule has 1 aromatic heterocycles. The van der Waals surface area contributed by atoms with Crippen molar-refractivity contribution in [2.24, 2.45) is 5.92 Å². The molecule has 224 valence electrons. The van der Waals surface area contributed by atoms with E-state index in [1.165, 1.54) is 0 Å². The second-order valence-corrected chi connectivity index (χ2v) is 12.4. The van der Waals surface area contributed by atoms with Gasteiger partial charge in [0.05, 0.1) is 5.52 Å². The lowest BCUT2D eigenvalue weighted by molar-refractivity contribution is -0.122. The number of carbonyl (C=O) groups excluding carboxylic acids is 1. The highest BCUT2D eigenvalue weighted by atomic mass is 35.5. The quantitative estimate of drug-likeness (QED) is 0.165. The molecule has 6 aromatic rings. The topological polar surface area (TPSA) is 59.0 Å². The largest absolute Gasteiger partial charge is 0.317 e. The van der Waals surface area contributed by atoms with Gasteiger partial charge >= 0.3 is 0 Å². The number of hydrogen-bond donors (Lipinski definition) is 2. The van der Waals surface area contributed by atoms with Crippen molar-refractivity contribution in [2.45, 2.75) is 24.4 Å². The minimum Gasteiger partial charge on any atom is -0.317 e. The second kappa shape index (κ2) is 12.2. The van der Waals surface area contributed by atoms with Gasteiger partial charge in [-0.2, -0.15) is 5.10 Å². The van der Waals surface area contributed by atoms with Crippen molar-refractivity contribution in [3.05, 3.63) is 154 Å². The van der Waals surface area contributed by atoms with Gasteiger partial charge in [0.25, 0.3) is 0 Å². The third-order valence-corrected chi connectivity index (χ3v) is 9.61. The molecule has 1 saturated carbocycles. The van der Waals surface area contributed by atoms with Crippen LogP contribution in [0.3, 0.4) is 0 Å². The zero-order valence-corrected chi connectivity index (χ0v) is 26.3. The Morgan fingerprint density at radius 1 is 0.756 bits per heavy atom. The Labute approximate surface area is 272 Å². The van der Waals surface area contributed by atoms with Crippen LogP contribution in [0.15, 0.2) is 127 Å². The Morgan fingerprint density at radius 2 is 1.29 bits per heavy atom. The van der Waals surface area contributed by atoms with Gasteiger partial charge in [0.2, 0.25) is 5.91 Å². The van der Waals surface area contributed by atoms with Crippen LogP contribution in [-0.4, -0.2) is 28.8 Å². The van der Waals surface area contributed by atoms with Crippen LogP contribution in [0.5, 0.6) is 0 Å². The zero-order valence-electron chi connectivity index (χ0n) is 24.8. The van der Waals surface area contributed by atoms with Crippen LogP contribution >= 0.6 is 23.2 Å². The van der Waals surface area contributed by atoms with E-state index >= 15 is 0 Å². The first-order chi connectivity index (χ1) is 22.0. The minimum atomic E-state index is -0.859. The molecule has 1 heterocycles. The molecule has 1 amide bonds. The van der Waals surface area contributed by atoms with Gasteiger partial charge < -0.3 is 10.6 Å². The van der Waals surface area contributed by atoms with Gasteiger partial charge in [-0.3, -0.25) is 4.79 Å². The van der Waals surface area contributed by atoms with Gasteiger partial charge in [-0.05, 0) is 66.4 Å². The predicted octanol–water partition coefficient (Wildman–Crippen LogP) is 8.79. The molecule has 7 rings (SSSR count). The smallest absolute Gasteiger partial charge is 0.228 e. The van der Waals surface area contributed by atoms with E-state index in [9.17, 15) is 4.79 Å². The van der Waals surface area contributed by atoms with Crippen molar-refractivity contribution in [2.75, 3.05) is 12.4 Å². The fraction of sp³-hybridized carbons (Fsp3) is 0.158. The van der Waals surface area contributed by atoms with Crippen molar-refractivity contribution in [3.8, 4) is 11.1 Å². The molecule has 5 aromatic carbocycles. The lowest BCUT2D eigenvalue weighted by Gasteiger charge is -2.37. The number of benzene rings is 5. The van der Waals surface area contributed by atoms with Crippen LogP contribution in [0.4, 0.5) is 5.82 Å². The summed E-state index contributed by atoms with van der Waals surface area (Å²) >= 11 is 13.3. The lowest BCUT2D eigenvalue weighted by atomic mass is 9.77. The number of nitrogens with one attached hydrogen (secondary N) is 2. The summed E-state index contributed by atoms with van der Waals surface area (Å²) in [5.41, 5.74) is 4.70. The molecule has 0 saturated heterocycles. The normalized spacial score (nSPS) is 16.3. The summed E-state index contributed by atoms with van der Waals surface area (Å²) in [6.45, 7) is 0. The lowest BCUT2D eigenvalue weighted by Crippen LogP contribution is -2.44. The Kier molecular flexibility index (Phi) is 7.92. The number of aromatic nitrogens is 2. The molecule has 1 aliphatic rings. The van der Waals surface area contributed by atoms with Gasteiger partial charge in [0, 0.05) is 33.0 Å². The molecule has 1 aliphatic carbocycles. The molecule has 7 heteroatoms. The summed E-state index contributed by atoms with van der Waals surface area (Å²) < 4.78 is 2.06. The van der Waals surface area contributed by atoms with E-state index < -0.39 is 5.54 Å². The van der Waals surface area contributed by atoms with E-state index in [-0.39, 0.29) is 11.8 Å². The van der Waals surface area contributed by atoms with Crippen molar-refractivity contribution in [1.29, 1.82) is 0 Å². The number of carbonyl (C=O) groups is 1. The highest BCUT2D eigenvalue weighted by molar-refractivity contribution is 6.39. The molecule has 45 heavy (non-hydrogen) atoms. The SMILES string of the molecule is CNC1CC(C(=O)Nc2nn(C(c3ccccc3)(c3ccccc3)c3ccccc3)c3ccc(-c4c(Cl)cccc4Cl)cc23)C1. The maximum atomic E-state index is 13.6. The number of nitrogens with zero attached hydrogens (tertiary/aromatic N) is 2. The Balaban J connectivity index is 1.52. The fourth-order valence-electron chi connectivity index (χ4n) is 6.59. The summed E-state index contributed by atoms with van der Waals surface area (Å²) in [7, 11) is 1.94. The Bertz CT molecular complexity index is 1850. The Morgan fingerprint density at radius 3 is 1.80 bits per heavy atom. The number of fused-ring (bicyclic) bond motifs is 1. The number of rotatable bonds is 8. The van der Waals surface area contributed by atoms with E-state index in [4.69, 9.17) is 28.3 Å². The van der Waals surface area contributed by atoms with Gasteiger partial charge in [0.1, 0.15) is 5.54 Å². The molecule has 2 N–H and O–H groups in total. The van der Waals surface area contributed by atoms with E-state index in [1.54, 1.807) is 0 Å². The third kappa shape index (κ3) is 5.11. The van der Waals surface area contributed by atoms with Crippen molar-refractivity contribution in [3.63, 3.8) is 0 Å². The van der Waals surface area contributed by atoms with Crippen molar-refractivity contribution >= 4 is 45.8 Å². The minimum absolute atomic E-state index is 0.0287. The summed E-state index contributed by atoms with van der Waals surface area (Å²) in [6, 6.07) is 43.1. The fourth-order valence-corrected chi connectivity index (χ4v) is 7.20. The van der Waals surface area contributed by atoms with E-state index in [0.717, 1.165) is 51.6 Å². The molecule has 0 radical (unpaired) electrons. The maximum Gasteiger partial charge on any atom is 0.228 e. The number of halogens is 2. The summed E-state index contributed by atoms with van der Waals surface area (Å²) in [4.78, 5) is 13.6. The average molecular weight is 632 g/mol. The van der Waals surface area contributed by atoms with Gasteiger partial charge in [-0.1, -0.05) is 126 Å². The van der Waals surface area contributed by atoms with Gasteiger partial charge in [-0.15, -0.1) is 0 Å². The first-order valence-electron chi connectivity index (χ1n) is 15.1. The van der Waals surface area contributed by atoms with Crippen LogP contribution < -0.4 is 10.6 Å². The highest BCUT2D eigenvalue weighted by Crippen LogP contribution is 2.45. The Hall–Kier alpha value is -4.42. The third-order valence-electron chi connectivity index (χ3n) is 8.98. The number of anilines is 1. The highest BCUT2D eigenvalue weighted by Gasteiger charge is 2.41. The predicted molar refractivity (Wildman–Crippen MR) is 184 cm³/mol. The molecule has 0 spiro atoms. The maximum absolute atomic E-state index is 13.6. The molecular weight excluding hydrogens is 599 g/mol. The van der Waals surface area contributed by atoms with Crippen LogP contribution in [0.2, 0.25) is 10.0 Å². The molecular formula is C38H32Cl2N4O. The number of amides is 1. The molecule has 0 aliphatic heterocycles. The van der Waals surface area contributed by atoms with Crippen LogP contribution in [0.1, 0.15) is 29.5 Å². The first kappa shape index (κ1) is 29.3. The standard InChI is InChI=1S/C38H32Cl2N4O/c1-41-30-22-26(23-30)37(45)42-36-31-24-25(35-32(39)18-11-19-33(35)40)20-21-34(31)44(43-36)38(27-12-5-2-6-13-27,28-14-7-3-8-15-28)29-16-9-4-10-17-29/h2-21,24,26,30,41H,22-23H2,1H3,(H,42,43,45). The van der Waals surface area contributed by atoms with Crippen LogP contribution in [0, 0.1) is 5.92 Å². The van der Waals surface area contributed by atoms with Crippen LogP contribution in [-0.2, 0) is 10.3 Å². The molecule has 5 nitrogen and oxygen atoms in total. The van der Waals surface area contributed by atoms with Crippen molar-refractivity contribution in [1.82, 2.24) is 15.1 Å². The molecule has 0 bridgehead atoms. The first-order valence-corrected chi connectivity index (χ1v) is 15.9. The second-order valence-electron chi connectivity index (χ2n) is 11.5.